The topological polar surface area (TPSA) is 58.5 Å². The first-order valence-corrected chi connectivity index (χ1v) is 8.52. The number of benzene rings is 2. The van der Waals surface area contributed by atoms with Gasteiger partial charge in [-0.25, -0.2) is 9.40 Å². The van der Waals surface area contributed by atoms with Crippen LogP contribution in [0.4, 0.5) is 4.39 Å². The average molecular weight is 348 g/mol. The summed E-state index contributed by atoms with van der Waals surface area (Å²) in [5.41, 5.74) is 3.91. The Labute approximate surface area is 150 Å². The largest absolute Gasteiger partial charge is 0.273 e. The highest BCUT2D eigenvalue weighted by molar-refractivity contribution is 6.03. The molecule has 1 aliphatic heterocycles. The zero-order valence-electron chi connectivity index (χ0n) is 14.3. The van der Waals surface area contributed by atoms with Crippen molar-refractivity contribution in [1.29, 1.82) is 0 Å². The summed E-state index contributed by atoms with van der Waals surface area (Å²) in [5.74, 6) is -0.386. The van der Waals surface area contributed by atoms with Gasteiger partial charge >= 0.3 is 0 Å². The van der Waals surface area contributed by atoms with Crippen LogP contribution in [0.15, 0.2) is 60.0 Å². The van der Waals surface area contributed by atoms with E-state index in [1.54, 1.807) is 25.4 Å². The molecule has 0 aliphatic carbocycles. The molecule has 26 heavy (non-hydrogen) atoms. The molecule has 0 radical (unpaired) electrons. The Morgan fingerprint density at radius 1 is 1.15 bits per heavy atom. The molecule has 1 atom stereocenters. The highest BCUT2D eigenvalue weighted by Crippen LogP contribution is 2.34. The molecule has 1 aliphatic rings. The molecule has 0 saturated heterocycles. The van der Waals surface area contributed by atoms with Crippen LogP contribution < -0.4 is 0 Å². The average Bonchev–Trinajstić information content (AvgIpc) is 3.12. The molecule has 1 amide bonds. The molecule has 0 fully saturated rings. The number of halogens is 1. The molecule has 0 spiro atoms. The summed E-state index contributed by atoms with van der Waals surface area (Å²) in [5, 5.41) is 6.02. The minimum atomic E-state index is -0.317. The maximum atomic E-state index is 13.6. The Kier molecular flexibility index (Phi) is 4.16. The number of hydrogen-bond donors (Lipinski definition) is 0. The van der Waals surface area contributed by atoms with Crippen LogP contribution in [0.2, 0.25) is 0 Å². The van der Waals surface area contributed by atoms with E-state index in [-0.39, 0.29) is 17.8 Å². The van der Waals surface area contributed by atoms with E-state index in [2.05, 4.69) is 15.1 Å². The highest BCUT2D eigenvalue weighted by Gasteiger charge is 2.32. The molecule has 0 N–H and O–H groups in total. The van der Waals surface area contributed by atoms with Gasteiger partial charge in [0, 0.05) is 30.8 Å². The molecule has 2 heterocycles. The number of hydrogen-bond acceptors (Lipinski definition) is 4. The number of rotatable bonds is 3. The third kappa shape index (κ3) is 2.94. The van der Waals surface area contributed by atoms with Gasteiger partial charge in [-0.3, -0.25) is 14.8 Å². The van der Waals surface area contributed by atoms with E-state index in [0.717, 1.165) is 16.6 Å². The monoisotopic (exact) mass is 348 g/mol. The van der Waals surface area contributed by atoms with Crippen molar-refractivity contribution >= 4 is 22.7 Å². The van der Waals surface area contributed by atoms with Crippen molar-refractivity contribution < 1.29 is 9.18 Å². The number of nitrogens with zero attached hydrogens (tertiary/aromatic N) is 4. The fraction of sp³-hybridized carbons (Fsp3) is 0.200. The molecule has 1 aromatic heterocycles. The van der Waals surface area contributed by atoms with E-state index < -0.39 is 0 Å². The second-order valence-electron chi connectivity index (χ2n) is 6.17. The summed E-state index contributed by atoms with van der Waals surface area (Å²) in [7, 11) is 0. The number of aromatic nitrogens is 2. The van der Waals surface area contributed by atoms with Crippen LogP contribution >= 0.6 is 0 Å². The summed E-state index contributed by atoms with van der Waals surface area (Å²) in [4.78, 5) is 21.0. The van der Waals surface area contributed by atoms with Crippen LogP contribution in [-0.2, 0) is 4.79 Å². The highest BCUT2D eigenvalue weighted by atomic mass is 19.1. The Balaban J connectivity index is 1.73. The number of carbonyl (C=O) groups excluding carboxylic acids is 1. The minimum absolute atomic E-state index is 0.0688. The van der Waals surface area contributed by atoms with E-state index >= 15 is 0 Å². The van der Waals surface area contributed by atoms with Gasteiger partial charge < -0.3 is 0 Å². The van der Waals surface area contributed by atoms with Gasteiger partial charge in [-0.2, -0.15) is 5.10 Å². The summed E-state index contributed by atoms with van der Waals surface area (Å²) in [6.07, 6.45) is 4.17. The first kappa shape index (κ1) is 16.3. The molecule has 130 valence electrons. The zero-order valence-corrected chi connectivity index (χ0v) is 14.3. The van der Waals surface area contributed by atoms with Crippen LogP contribution in [0.1, 0.15) is 36.9 Å². The van der Waals surface area contributed by atoms with Gasteiger partial charge in [0.25, 0.3) is 0 Å². The zero-order chi connectivity index (χ0) is 18.1. The van der Waals surface area contributed by atoms with Crippen molar-refractivity contribution in [3.8, 4) is 0 Å². The van der Waals surface area contributed by atoms with Gasteiger partial charge in [0.05, 0.1) is 22.8 Å². The van der Waals surface area contributed by atoms with Crippen LogP contribution in [0.5, 0.6) is 0 Å². The molecule has 6 heteroatoms. The number of hydrazone groups is 1. The molecule has 0 bridgehead atoms. The normalized spacial score (nSPS) is 16.8. The number of amides is 1. The second kappa shape index (κ2) is 6.63. The summed E-state index contributed by atoms with van der Waals surface area (Å²) >= 11 is 0. The third-order valence-corrected chi connectivity index (χ3v) is 4.50. The molecular weight excluding hydrogens is 331 g/mol. The third-order valence-electron chi connectivity index (χ3n) is 4.50. The predicted octanol–water partition coefficient (Wildman–Crippen LogP) is 3.86. The van der Waals surface area contributed by atoms with Crippen molar-refractivity contribution in [3.63, 3.8) is 0 Å². The minimum Gasteiger partial charge on any atom is -0.273 e. The Bertz CT molecular complexity index is 1020. The van der Waals surface area contributed by atoms with Crippen LogP contribution in [0, 0.1) is 5.82 Å². The standard InChI is InChI=1S/C20H17FN4O/c1-2-20(26)25-19(12-17(24-25)13-4-3-5-15(21)10-13)14-6-7-16-18(11-14)23-9-8-22-16/h3-11,19H,2,12H2,1H3. The molecule has 0 saturated carbocycles. The lowest BCUT2D eigenvalue weighted by atomic mass is 9.98. The Morgan fingerprint density at radius 3 is 2.73 bits per heavy atom. The van der Waals surface area contributed by atoms with E-state index in [1.807, 2.05) is 24.3 Å². The molecule has 2 aromatic carbocycles. The van der Waals surface area contributed by atoms with Gasteiger partial charge in [-0.05, 0) is 29.8 Å². The first-order valence-electron chi connectivity index (χ1n) is 8.52. The van der Waals surface area contributed by atoms with Gasteiger partial charge in [0.15, 0.2) is 0 Å². The van der Waals surface area contributed by atoms with E-state index in [9.17, 15) is 9.18 Å². The van der Waals surface area contributed by atoms with Crippen molar-refractivity contribution in [3.05, 3.63) is 71.8 Å². The summed E-state index contributed by atoms with van der Waals surface area (Å²) in [6, 6.07) is 11.9. The maximum Gasteiger partial charge on any atom is 0.242 e. The second-order valence-corrected chi connectivity index (χ2v) is 6.17. The maximum absolute atomic E-state index is 13.6. The molecule has 5 nitrogen and oxygen atoms in total. The lowest BCUT2D eigenvalue weighted by molar-refractivity contribution is -0.132. The SMILES string of the molecule is CCC(=O)N1N=C(c2cccc(F)c2)CC1c1ccc2nccnc2c1. The summed E-state index contributed by atoms with van der Waals surface area (Å²) < 4.78 is 13.6. The quantitative estimate of drug-likeness (QED) is 0.722. The van der Waals surface area contributed by atoms with Crippen molar-refractivity contribution in [2.24, 2.45) is 5.10 Å². The fourth-order valence-corrected chi connectivity index (χ4v) is 3.19. The lowest BCUT2D eigenvalue weighted by Crippen LogP contribution is -2.26. The molecule has 3 aromatic rings. The van der Waals surface area contributed by atoms with E-state index in [1.165, 1.54) is 17.1 Å². The molecule has 1 unspecified atom stereocenters. The Morgan fingerprint density at radius 2 is 1.96 bits per heavy atom. The van der Waals surface area contributed by atoms with Gasteiger partial charge in [0.2, 0.25) is 5.91 Å². The van der Waals surface area contributed by atoms with E-state index in [4.69, 9.17) is 0 Å². The van der Waals surface area contributed by atoms with E-state index in [0.29, 0.717) is 24.1 Å². The van der Waals surface area contributed by atoms with Gasteiger partial charge in [-0.1, -0.05) is 25.1 Å². The van der Waals surface area contributed by atoms with Crippen LogP contribution in [0.25, 0.3) is 11.0 Å². The van der Waals surface area contributed by atoms with Gasteiger partial charge in [0.1, 0.15) is 5.82 Å². The summed E-state index contributed by atoms with van der Waals surface area (Å²) in [6.45, 7) is 1.81. The fourth-order valence-electron chi connectivity index (χ4n) is 3.19. The van der Waals surface area contributed by atoms with Crippen molar-refractivity contribution in [2.75, 3.05) is 0 Å². The number of carbonyl (C=O) groups is 1. The van der Waals surface area contributed by atoms with Gasteiger partial charge in [-0.15, -0.1) is 0 Å². The predicted molar refractivity (Wildman–Crippen MR) is 97.0 cm³/mol. The Hall–Kier alpha value is -3.15. The number of fused-ring (bicyclic) bond motifs is 1. The van der Waals surface area contributed by atoms with Crippen LogP contribution in [-0.4, -0.2) is 26.6 Å². The first-order chi connectivity index (χ1) is 12.7. The smallest absolute Gasteiger partial charge is 0.242 e. The van der Waals surface area contributed by atoms with Crippen molar-refractivity contribution in [2.45, 2.75) is 25.8 Å². The molecular formula is C20H17FN4O. The lowest BCUT2D eigenvalue weighted by Gasteiger charge is -2.21. The van der Waals surface area contributed by atoms with Crippen molar-refractivity contribution in [1.82, 2.24) is 15.0 Å². The van der Waals surface area contributed by atoms with Crippen LogP contribution in [0.3, 0.4) is 0 Å². The molecule has 4 rings (SSSR count).